The van der Waals surface area contributed by atoms with Crippen LogP contribution >= 0.6 is 0 Å². The number of hydrogen-bond donors (Lipinski definition) is 0. The highest BCUT2D eigenvalue weighted by Crippen LogP contribution is 2.14. The Labute approximate surface area is 93.2 Å². The van der Waals surface area contributed by atoms with E-state index in [9.17, 15) is 4.79 Å². The fourth-order valence-electron chi connectivity index (χ4n) is 1.30. The van der Waals surface area contributed by atoms with Crippen LogP contribution in [0.15, 0.2) is 48.6 Å². The van der Waals surface area contributed by atoms with Gasteiger partial charge in [0.25, 0.3) is 0 Å². The number of carbonyl (C=O) groups excluding carboxylic acids is 1. The molecule has 1 aromatic rings. The van der Waals surface area contributed by atoms with Gasteiger partial charge in [0.15, 0.2) is 6.29 Å². The first kappa shape index (κ1) is 10.4. The van der Waals surface area contributed by atoms with Gasteiger partial charge in [-0.25, -0.2) is 0 Å². The summed E-state index contributed by atoms with van der Waals surface area (Å²) in [4.78, 5) is 14.8. The van der Waals surface area contributed by atoms with Gasteiger partial charge in [-0.2, -0.15) is 0 Å². The van der Waals surface area contributed by atoms with Gasteiger partial charge in [-0.3, -0.25) is 9.78 Å². The minimum Gasteiger partial charge on any atom is -0.487 e. The van der Waals surface area contributed by atoms with Gasteiger partial charge in [0.2, 0.25) is 6.10 Å². The Morgan fingerprint density at radius 1 is 1.50 bits per heavy atom. The lowest BCUT2D eigenvalue weighted by Crippen LogP contribution is -2.19. The minimum absolute atomic E-state index is 0.328. The summed E-state index contributed by atoms with van der Waals surface area (Å²) in [6.45, 7) is 0.328. The lowest BCUT2D eigenvalue weighted by molar-refractivity contribution is -0.115. The van der Waals surface area contributed by atoms with Crippen molar-refractivity contribution in [2.75, 3.05) is 0 Å². The molecule has 0 radical (unpaired) electrons. The smallest absolute Gasteiger partial charge is 0.209 e. The fraction of sp³-hybridized carbons (Fsp3) is 0.167. The molecule has 1 aliphatic rings. The van der Waals surface area contributed by atoms with Crippen LogP contribution in [0.2, 0.25) is 0 Å². The van der Waals surface area contributed by atoms with E-state index in [4.69, 9.17) is 9.47 Å². The zero-order chi connectivity index (χ0) is 11.2. The number of aldehydes is 1. The Morgan fingerprint density at radius 2 is 2.44 bits per heavy atom. The van der Waals surface area contributed by atoms with Gasteiger partial charge in [-0.1, -0.05) is 6.07 Å². The molecule has 0 N–H and O–H groups in total. The summed E-state index contributed by atoms with van der Waals surface area (Å²) in [5, 5.41) is 0. The van der Waals surface area contributed by atoms with Gasteiger partial charge in [-0.15, -0.1) is 0 Å². The SMILES string of the molecule is O=CC1OC=CC=C1OCc1ccccn1. The largest absolute Gasteiger partial charge is 0.487 e. The molecule has 16 heavy (non-hydrogen) atoms. The summed E-state index contributed by atoms with van der Waals surface area (Å²) in [5.41, 5.74) is 0.808. The highest BCUT2D eigenvalue weighted by Gasteiger charge is 2.17. The van der Waals surface area contributed by atoms with Crippen molar-refractivity contribution >= 4 is 6.29 Å². The third kappa shape index (κ3) is 2.48. The summed E-state index contributed by atoms with van der Waals surface area (Å²) >= 11 is 0. The van der Waals surface area contributed by atoms with Crippen LogP contribution < -0.4 is 0 Å². The maximum Gasteiger partial charge on any atom is 0.209 e. The molecule has 1 unspecified atom stereocenters. The zero-order valence-corrected chi connectivity index (χ0v) is 8.58. The minimum atomic E-state index is -0.645. The standard InChI is InChI=1S/C12H11NO3/c14-8-12-11(5-3-7-15-12)16-9-10-4-1-2-6-13-10/h1-8,12H,9H2. The van der Waals surface area contributed by atoms with Crippen molar-refractivity contribution in [1.82, 2.24) is 4.98 Å². The normalized spacial score (nSPS) is 18.5. The molecule has 0 aliphatic carbocycles. The predicted octanol–water partition coefficient (Wildman–Crippen LogP) is 1.59. The van der Waals surface area contributed by atoms with E-state index in [1.807, 2.05) is 18.2 Å². The van der Waals surface area contributed by atoms with Crippen molar-refractivity contribution in [2.24, 2.45) is 0 Å². The molecule has 0 bridgehead atoms. The molecule has 0 spiro atoms. The summed E-state index contributed by atoms with van der Waals surface area (Å²) in [5.74, 6) is 0.503. The average molecular weight is 217 g/mol. The Kier molecular flexibility index (Phi) is 3.33. The first-order chi connectivity index (χ1) is 7.90. The van der Waals surface area contributed by atoms with E-state index in [2.05, 4.69) is 4.98 Å². The molecule has 82 valence electrons. The average Bonchev–Trinajstić information content (AvgIpc) is 2.38. The number of allylic oxidation sites excluding steroid dienone is 2. The molecular weight excluding hydrogens is 206 g/mol. The van der Waals surface area contributed by atoms with Gasteiger partial charge in [0.1, 0.15) is 12.4 Å². The predicted molar refractivity (Wildman–Crippen MR) is 57.2 cm³/mol. The number of carbonyl (C=O) groups is 1. The van der Waals surface area contributed by atoms with Crippen LogP contribution in [0.4, 0.5) is 0 Å². The number of aromatic nitrogens is 1. The topological polar surface area (TPSA) is 48.4 Å². The summed E-state index contributed by atoms with van der Waals surface area (Å²) in [6, 6.07) is 5.58. The molecular formula is C12H11NO3. The monoisotopic (exact) mass is 217 g/mol. The summed E-state index contributed by atoms with van der Waals surface area (Å²) in [6.07, 6.45) is 6.62. The Hall–Kier alpha value is -2.10. The number of nitrogens with zero attached hydrogens (tertiary/aromatic N) is 1. The first-order valence-electron chi connectivity index (χ1n) is 4.90. The van der Waals surface area contributed by atoms with E-state index < -0.39 is 6.10 Å². The summed E-state index contributed by atoms with van der Waals surface area (Å²) < 4.78 is 10.5. The molecule has 4 nitrogen and oxygen atoms in total. The van der Waals surface area contributed by atoms with Crippen molar-refractivity contribution in [3.05, 3.63) is 54.3 Å². The van der Waals surface area contributed by atoms with E-state index in [-0.39, 0.29) is 0 Å². The van der Waals surface area contributed by atoms with Gasteiger partial charge in [-0.05, 0) is 24.3 Å². The lowest BCUT2D eigenvalue weighted by atomic mass is 10.2. The van der Waals surface area contributed by atoms with Crippen LogP contribution in [0.1, 0.15) is 5.69 Å². The van der Waals surface area contributed by atoms with Crippen molar-refractivity contribution in [3.8, 4) is 0 Å². The van der Waals surface area contributed by atoms with Crippen LogP contribution in [-0.4, -0.2) is 17.4 Å². The number of pyridine rings is 1. The third-order valence-corrected chi connectivity index (χ3v) is 2.08. The van der Waals surface area contributed by atoms with Gasteiger partial charge < -0.3 is 9.47 Å². The molecule has 2 rings (SSSR count). The van der Waals surface area contributed by atoms with Crippen molar-refractivity contribution in [3.63, 3.8) is 0 Å². The first-order valence-corrected chi connectivity index (χ1v) is 4.90. The zero-order valence-electron chi connectivity index (χ0n) is 8.58. The van der Waals surface area contributed by atoms with E-state index in [1.54, 1.807) is 18.3 Å². The highest BCUT2D eigenvalue weighted by atomic mass is 16.5. The molecule has 0 saturated carbocycles. The van der Waals surface area contributed by atoms with Crippen LogP contribution in [0.25, 0.3) is 0 Å². The molecule has 0 amide bonds. The van der Waals surface area contributed by atoms with Gasteiger partial charge in [0, 0.05) is 6.20 Å². The second kappa shape index (κ2) is 5.11. The molecule has 1 aliphatic heterocycles. The Bertz CT molecular complexity index is 412. The quantitative estimate of drug-likeness (QED) is 0.718. The highest BCUT2D eigenvalue weighted by molar-refractivity contribution is 5.61. The van der Waals surface area contributed by atoms with Crippen LogP contribution in [0.3, 0.4) is 0 Å². The number of rotatable bonds is 4. The van der Waals surface area contributed by atoms with Crippen molar-refractivity contribution in [2.45, 2.75) is 12.7 Å². The molecule has 0 aromatic carbocycles. The van der Waals surface area contributed by atoms with E-state index in [0.29, 0.717) is 18.7 Å². The molecule has 0 saturated heterocycles. The molecule has 0 fully saturated rings. The fourth-order valence-corrected chi connectivity index (χ4v) is 1.30. The third-order valence-electron chi connectivity index (χ3n) is 2.08. The van der Waals surface area contributed by atoms with Crippen LogP contribution in [-0.2, 0) is 20.9 Å². The van der Waals surface area contributed by atoms with Crippen LogP contribution in [0, 0.1) is 0 Å². The van der Waals surface area contributed by atoms with Crippen molar-refractivity contribution < 1.29 is 14.3 Å². The van der Waals surface area contributed by atoms with Crippen LogP contribution in [0.5, 0.6) is 0 Å². The maximum atomic E-state index is 10.7. The second-order valence-electron chi connectivity index (χ2n) is 3.20. The Balaban J connectivity index is 1.97. The maximum absolute atomic E-state index is 10.7. The molecule has 1 aromatic heterocycles. The lowest BCUT2D eigenvalue weighted by Gasteiger charge is -2.17. The molecule has 1 atom stereocenters. The molecule has 2 heterocycles. The van der Waals surface area contributed by atoms with Gasteiger partial charge in [0.05, 0.1) is 12.0 Å². The second-order valence-corrected chi connectivity index (χ2v) is 3.20. The van der Waals surface area contributed by atoms with E-state index >= 15 is 0 Å². The Morgan fingerprint density at radius 3 is 3.19 bits per heavy atom. The summed E-state index contributed by atoms with van der Waals surface area (Å²) in [7, 11) is 0. The number of hydrogen-bond acceptors (Lipinski definition) is 4. The van der Waals surface area contributed by atoms with E-state index in [1.165, 1.54) is 6.26 Å². The van der Waals surface area contributed by atoms with Crippen molar-refractivity contribution in [1.29, 1.82) is 0 Å². The van der Waals surface area contributed by atoms with Gasteiger partial charge >= 0.3 is 0 Å². The molecule has 4 heteroatoms. The number of ether oxygens (including phenoxy) is 2. The van der Waals surface area contributed by atoms with E-state index in [0.717, 1.165) is 5.69 Å².